The van der Waals surface area contributed by atoms with E-state index in [0.717, 1.165) is 5.56 Å². The molecule has 0 bridgehead atoms. The predicted octanol–water partition coefficient (Wildman–Crippen LogP) is 3.83. The van der Waals surface area contributed by atoms with Gasteiger partial charge in [0.05, 0.1) is 12.2 Å². The predicted molar refractivity (Wildman–Crippen MR) is 96.9 cm³/mol. The topological polar surface area (TPSA) is 64.6 Å². The van der Waals surface area contributed by atoms with Crippen LogP contribution in [0.4, 0.5) is 5.69 Å². The van der Waals surface area contributed by atoms with E-state index in [9.17, 15) is 9.59 Å². The minimum absolute atomic E-state index is 0.335. The highest BCUT2D eigenvalue weighted by molar-refractivity contribution is 5.95. The lowest BCUT2D eigenvalue weighted by molar-refractivity contribution is -0.119. The third kappa shape index (κ3) is 6.30. The van der Waals surface area contributed by atoms with Gasteiger partial charge in [-0.1, -0.05) is 26.0 Å². The number of esters is 1. The summed E-state index contributed by atoms with van der Waals surface area (Å²) in [6.07, 6.45) is 0. The van der Waals surface area contributed by atoms with Gasteiger partial charge in [-0.05, 0) is 54.8 Å². The van der Waals surface area contributed by atoms with Crippen molar-refractivity contribution in [3.05, 3.63) is 59.7 Å². The van der Waals surface area contributed by atoms with Gasteiger partial charge in [-0.3, -0.25) is 4.79 Å². The first kappa shape index (κ1) is 18.5. The van der Waals surface area contributed by atoms with Crippen LogP contribution in [-0.2, 0) is 9.53 Å². The molecule has 0 aromatic heterocycles. The Morgan fingerprint density at radius 2 is 1.80 bits per heavy atom. The molecule has 0 heterocycles. The fourth-order valence-corrected chi connectivity index (χ4v) is 2.08. The molecule has 0 spiro atoms. The summed E-state index contributed by atoms with van der Waals surface area (Å²) in [4.78, 5) is 23.8. The van der Waals surface area contributed by atoms with Gasteiger partial charge in [-0.2, -0.15) is 0 Å². The molecule has 0 aliphatic carbocycles. The SMILES string of the molecule is Cc1cccc(NC(=O)COC(=O)c2ccc(OCC(C)C)cc2)c1. The zero-order valence-corrected chi connectivity index (χ0v) is 14.7. The minimum atomic E-state index is -0.546. The van der Waals surface area contributed by atoms with Crippen molar-refractivity contribution in [1.82, 2.24) is 0 Å². The van der Waals surface area contributed by atoms with Crippen molar-refractivity contribution in [1.29, 1.82) is 0 Å². The van der Waals surface area contributed by atoms with Crippen molar-refractivity contribution in [3.63, 3.8) is 0 Å². The Hall–Kier alpha value is -2.82. The van der Waals surface area contributed by atoms with Crippen LogP contribution in [0.1, 0.15) is 29.8 Å². The molecule has 0 aliphatic rings. The maximum atomic E-state index is 12.0. The molecule has 0 saturated carbocycles. The van der Waals surface area contributed by atoms with E-state index < -0.39 is 5.97 Å². The van der Waals surface area contributed by atoms with Gasteiger partial charge < -0.3 is 14.8 Å². The molecule has 25 heavy (non-hydrogen) atoms. The first-order chi connectivity index (χ1) is 11.9. The molecule has 132 valence electrons. The number of benzene rings is 2. The van der Waals surface area contributed by atoms with Gasteiger partial charge in [0.25, 0.3) is 5.91 Å². The van der Waals surface area contributed by atoms with E-state index in [2.05, 4.69) is 19.2 Å². The third-order valence-corrected chi connectivity index (χ3v) is 3.31. The average Bonchev–Trinajstić information content (AvgIpc) is 2.58. The number of carbonyl (C=O) groups excluding carboxylic acids is 2. The van der Waals surface area contributed by atoms with Gasteiger partial charge in [-0.15, -0.1) is 0 Å². The Kier molecular flexibility index (Phi) is 6.57. The van der Waals surface area contributed by atoms with Crippen molar-refractivity contribution < 1.29 is 19.1 Å². The minimum Gasteiger partial charge on any atom is -0.493 e. The van der Waals surface area contributed by atoms with Crippen molar-refractivity contribution in [2.45, 2.75) is 20.8 Å². The third-order valence-electron chi connectivity index (χ3n) is 3.31. The van der Waals surface area contributed by atoms with Crippen LogP contribution < -0.4 is 10.1 Å². The van der Waals surface area contributed by atoms with Crippen molar-refractivity contribution in [2.24, 2.45) is 5.92 Å². The molecule has 0 radical (unpaired) electrons. The summed E-state index contributed by atoms with van der Waals surface area (Å²) in [5, 5.41) is 2.69. The standard InChI is InChI=1S/C20H23NO4/c1-14(2)12-24-18-9-7-16(8-10-18)20(23)25-13-19(22)21-17-6-4-5-15(3)11-17/h4-11,14H,12-13H2,1-3H3,(H,21,22). The summed E-state index contributed by atoms with van der Waals surface area (Å²) < 4.78 is 10.6. The molecule has 2 aromatic carbocycles. The number of aryl methyl sites for hydroxylation is 1. The van der Waals surface area contributed by atoms with Gasteiger partial charge in [0.2, 0.25) is 0 Å². The van der Waals surface area contributed by atoms with Gasteiger partial charge in [0.15, 0.2) is 6.61 Å². The maximum Gasteiger partial charge on any atom is 0.338 e. The molecule has 1 amide bonds. The summed E-state index contributed by atoms with van der Waals surface area (Å²) >= 11 is 0. The van der Waals surface area contributed by atoms with E-state index in [1.54, 1.807) is 30.3 Å². The Morgan fingerprint density at radius 3 is 2.44 bits per heavy atom. The largest absolute Gasteiger partial charge is 0.493 e. The second kappa shape index (κ2) is 8.87. The van der Waals surface area contributed by atoms with Crippen molar-refractivity contribution in [2.75, 3.05) is 18.5 Å². The molecule has 0 saturated heterocycles. The lowest BCUT2D eigenvalue weighted by atomic mass is 10.2. The number of ether oxygens (including phenoxy) is 2. The fourth-order valence-electron chi connectivity index (χ4n) is 2.08. The highest BCUT2D eigenvalue weighted by Crippen LogP contribution is 2.14. The van der Waals surface area contributed by atoms with E-state index in [4.69, 9.17) is 9.47 Å². The molecule has 0 unspecified atom stereocenters. The Bertz CT molecular complexity index is 723. The monoisotopic (exact) mass is 341 g/mol. The first-order valence-electron chi connectivity index (χ1n) is 8.20. The zero-order chi connectivity index (χ0) is 18.2. The van der Waals surface area contributed by atoms with Crippen LogP contribution in [0.2, 0.25) is 0 Å². The van der Waals surface area contributed by atoms with E-state index in [1.165, 1.54) is 0 Å². The van der Waals surface area contributed by atoms with Crippen LogP contribution in [-0.4, -0.2) is 25.1 Å². The highest BCUT2D eigenvalue weighted by Gasteiger charge is 2.11. The quantitative estimate of drug-likeness (QED) is 0.778. The molecule has 0 atom stereocenters. The van der Waals surface area contributed by atoms with Gasteiger partial charge in [0, 0.05) is 5.69 Å². The normalized spacial score (nSPS) is 10.4. The number of nitrogens with one attached hydrogen (secondary N) is 1. The number of carbonyl (C=O) groups is 2. The molecular weight excluding hydrogens is 318 g/mol. The first-order valence-corrected chi connectivity index (χ1v) is 8.20. The van der Waals surface area contributed by atoms with E-state index >= 15 is 0 Å². The Morgan fingerprint density at radius 1 is 1.08 bits per heavy atom. The van der Waals surface area contributed by atoms with Crippen LogP contribution in [0.15, 0.2) is 48.5 Å². The van der Waals surface area contributed by atoms with Crippen LogP contribution in [0, 0.1) is 12.8 Å². The van der Waals surface area contributed by atoms with Crippen LogP contribution in [0.5, 0.6) is 5.75 Å². The number of rotatable bonds is 7. The van der Waals surface area contributed by atoms with Crippen LogP contribution >= 0.6 is 0 Å². The smallest absolute Gasteiger partial charge is 0.338 e. The summed E-state index contributed by atoms with van der Waals surface area (Å²) in [5.74, 6) is 0.199. The second-order valence-electron chi connectivity index (χ2n) is 6.22. The summed E-state index contributed by atoms with van der Waals surface area (Å²) in [5.41, 5.74) is 2.09. The number of anilines is 1. The molecule has 2 aromatic rings. The van der Waals surface area contributed by atoms with Crippen LogP contribution in [0.3, 0.4) is 0 Å². The molecule has 0 fully saturated rings. The number of amides is 1. The lowest BCUT2D eigenvalue weighted by Crippen LogP contribution is -2.20. The Balaban J connectivity index is 1.82. The second-order valence-corrected chi connectivity index (χ2v) is 6.22. The van der Waals surface area contributed by atoms with Gasteiger partial charge in [-0.25, -0.2) is 4.79 Å². The van der Waals surface area contributed by atoms with Crippen molar-refractivity contribution in [3.8, 4) is 5.75 Å². The average molecular weight is 341 g/mol. The fraction of sp³-hybridized carbons (Fsp3) is 0.300. The molecule has 5 nitrogen and oxygen atoms in total. The van der Waals surface area contributed by atoms with E-state index in [1.807, 2.05) is 25.1 Å². The van der Waals surface area contributed by atoms with Gasteiger partial charge >= 0.3 is 5.97 Å². The molecule has 1 N–H and O–H groups in total. The summed E-state index contributed by atoms with van der Waals surface area (Å²) in [6, 6.07) is 14.1. The van der Waals surface area contributed by atoms with E-state index in [-0.39, 0.29) is 12.5 Å². The Labute approximate surface area is 148 Å². The zero-order valence-electron chi connectivity index (χ0n) is 14.7. The number of hydrogen-bond acceptors (Lipinski definition) is 4. The van der Waals surface area contributed by atoms with Gasteiger partial charge in [0.1, 0.15) is 5.75 Å². The summed E-state index contributed by atoms with van der Waals surface area (Å²) in [7, 11) is 0. The lowest BCUT2D eigenvalue weighted by Gasteiger charge is -2.09. The van der Waals surface area contributed by atoms with Crippen LogP contribution in [0.25, 0.3) is 0 Å². The molecular formula is C20H23NO4. The summed E-state index contributed by atoms with van der Waals surface area (Å²) in [6.45, 7) is 6.34. The maximum absolute atomic E-state index is 12.0. The molecule has 5 heteroatoms. The van der Waals surface area contributed by atoms with E-state index in [0.29, 0.717) is 29.5 Å². The number of hydrogen-bond donors (Lipinski definition) is 1. The highest BCUT2D eigenvalue weighted by atomic mass is 16.5. The van der Waals surface area contributed by atoms with Crippen molar-refractivity contribution >= 4 is 17.6 Å². The molecule has 0 aliphatic heterocycles. The molecule has 2 rings (SSSR count).